The second kappa shape index (κ2) is 10.5. The lowest BCUT2D eigenvalue weighted by atomic mass is 10.2. The molecule has 13 nitrogen and oxygen atoms in total. The van der Waals surface area contributed by atoms with E-state index in [-0.39, 0.29) is 41.0 Å². The van der Waals surface area contributed by atoms with Crippen molar-refractivity contribution in [2.45, 2.75) is 45.9 Å². The fourth-order valence-corrected chi connectivity index (χ4v) is 3.38. The Morgan fingerprint density at radius 3 is 2.61 bits per heavy atom. The molecule has 2 amide bonds. The summed E-state index contributed by atoms with van der Waals surface area (Å²) in [6.45, 7) is 7.28. The number of anilines is 2. The van der Waals surface area contributed by atoms with E-state index in [1.54, 1.807) is 27.7 Å². The van der Waals surface area contributed by atoms with Crippen molar-refractivity contribution in [2.24, 2.45) is 7.05 Å². The highest BCUT2D eigenvalue weighted by Gasteiger charge is 2.25. The van der Waals surface area contributed by atoms with E-state index >= 15 is 0 Å². The van der Waals surface area contributed by atoms with Crippen LogP contribution >= 0.6 is 11.6 Å². The smallest absolute Gasteiger partial charge is 0.414 e. The molecule has 3 rings (SSSR count). The van der Waals surface area contributed by atoms with Gasteiger partial charge in [-0.15, -0.1) is 0 Å². The third-order valence-corrected chi connectivity index (χ3v) is 5.00. The molecule has 0 saturated heterocycles. The van der Waals surface area contributed by atoms with Crippen LogP contribution in [0.15, 0.2) is 23.1 Å². The van der Waals surface area contributed by atoms with Crippen LogP contribution < -0.4 is 21.5 Å². The van der Waals surface area contributed by atoms with E-state index in [1.165, 1.54) is 41.8 Å². The number of fused-ring (bicyclic) bond motifs is 1. The van der Waals surface area contributed by atoms with Gasteiger partial charge < -0.3 is 20.5 Å². The van der Waals surface area contributed by atoms with Gasteiger partial charge in [0.1, 0.15) is 11.3 Å². The van der Waals surface area contributed by atoms with Gasteiger partial charge in [0.2, 0.25) is 0 Å². The zero-order valence-corrected chi connectivity index (χ0v) is 21.7. The Kier molecular flexibility index (Phi) is 7.84. The summed E-state index contributed by atoms with van der Waals surface area (Å²) in [5.41, 5.74) is 5.82. The van der Waals surface area contributed by atoms with Gasteiger partial charge in [0.05, 0.1) is 30.8 Å². The average Bonchev–Trinajstić information content (AvgIpc) is 3.19. The third kappa shape index (κ3) is 6.29. The summed E-state index contributed by atoms with van der Waals surface area (Å²) in [6.07, 6.45) is 0.728. The van der Waals surface area contributed by atoms with Crippen molar-refractivity contribution in [2.75, 3.05) is 24.3 Å². The Balaban J connectivity index is 1.70. The number of aryl methyl sites for hydroxylation is 1. The first kappa shape index (κ1) is 26.9. The lowest BCUT2D eigenvalue weighted by Gasteiger charge is -2.24. The molecule has 0 aliphatic heterocycles. The fourth-order valence-electron chi connectivity index (χ4n) is 3.20. The number of ether oxygens (including phenoxy) is 2. The first-order valence-electron chi connectivity index (χ1n) is 11.0. The second-order valence-corrected chi connectivity index (χ2v) is 9.57. The summed E-state index contributed by atoms with van der Waals surface area (Å²) in [7, 11) is 3.01. The number of hydrogen-bond donors (Lipinski definition) is 2. The largest absolute Gasteiger partial charge is 0.443 e. The summed E-state index contributed by atoms with van der Waals surface area (Å²) in [5, 5.41) is 11.1. The summed E-state index contributed by atoms with van der Waals surface area (Å²) in [4.78, 5) is 42.6. The molecule has 1 atom stereocenters. The maximum absolute atomic E-state index is 12.9. The van der Waals surface area contributed by atoms with Crippen molar-refractivity contribution >= 4 is 40.6 Å². The average molecular weight is 521 g/mol. The Bertz CT molecular complexity index is 1320. The van der Waals surface area contributed by atoms with Crippen LogP contribution in [0.4, 0.5) is 16.2 Å². The molecule has 3 heterocycles. The number of aromatic nitrogens is 5. The molecule has 36 heavy (non-hydrogen) atoms. The highest BCUT2D eigenvalue weighted by atomic mass is 35.5. The van der Waals surface area contributed by atoms with Gasteiger partial charge in [0.25, 0.3) is 11.5 Å². The standard InChI is InChI=1S/C22H29ClN8O5/c1-12(10-35-11-13-7-14(24)20(33)30(6)27-13)26-19(32)16-9-25-18-15(8-17(23)28-31(16)18)29(5)21(34)36-22(2,3)4/h7-9,12H,10-11,24H2,1-6H3,(H,26,32). The highest BCUT2D eigenvalue weighted by molar-refractivity contribution is 6.29. The molecule has 14 heteroatoms. The summed E-state index contributed by atoms with van der Waals surface area (Å²) in [6, 6.07) is 2.52. The summed E-state index contributed by atoms with van der Waals surface area (Å²) >= 11 is 6.18. The van der Waals surface area contributed by atoms with E-state index in [1.807, 2.05) is 0 Å². The fraction of sp³-hybridized carbons (Fsp3) is 0.455. The number of nitrogens with one attached hydrogen (secondary N) is 1. The monoisotopic (exact) mass is 520 g/mol. The normalized spacial score (nSPS) is 12.4. The number of nitrogens with two attached hydrogens (primary N) is 1. The van der Waals surface area contributed by atoms with Crippen LogP contribution in [0.3, 0.4) is 0 Å². The van der Waals surface area contributed by atoms with Gasteiger partial charge in [0, 0.05) is 26.2 Å². The third-order valence-electron chi connectivity index (χ3n) is 4.82. The number of imidazole rings is 1. The number of amides is 2. The van der Waals surface area contributed by atoms with Crippen LogP contribution in [0, 0.1) is 0 Å². The van der Waals surface area contributed by atoms with E-state index in [0.29, 0.717) is 11.4 Å². The minimum atomic E-state index is -0.697. The van der Waals surface area contributed by atoms with E-state index in [2.05, 4.69) is 20.5 Å². The van der Waals surface area contributed by atoms with Gasteiger partial charge in [-0.2, -0.15) is 10.2 Å². The number of hydrogen-bond acceptors (Lipinski definition) is 9. The minimum Gasteiger partial charge on any atom is -0.443 e. The number of carbonyl (C=O) groups is 2. The number of carbonyl (C=O) groups excluding carboxylic acids is 2. The predicted octanol–water partition coefficient (Wildman–Crippen LogP) is 1.77. The highest BCUT2D eigenvalue weighted by Crippen LogP contribution is 2.25. The zero-order chi connectivity index (χ0) is 26.8. The molecule has 0 spiro atoms. The Morgan fingerprint density at radius 2 is 1.97 bits per heavy atom. The van der Waals surface area contributed by atoms with Crippen molar-refractivity contribution in [1.29, 1.82) is 0 Å². The van der Waals surface area contributed by atoms with Crippen molar-refractivity contribution in [1.82, 2.24) is 29.7 Å². The van der Waals surface area contributed by atoms with E-state index in [9.17, 15) is 14.4 Å². The van der Waals surface area contributed by atoms with E-state index in [4.69, 9.17) is 26.8 Å². The maximum Gasteiger partial charge on any atom is 0.414 e. The van der Waals surface area contributed by atoms with Gasteiger partial charge in [-0.25, -0.2) is 19.0 Å². The van der Waals surface area contributed by atoms with Crippen LogP contribution in [0.2, 0.25) is 5.15 Å². The number of nitrogens with zero attached hydrogens (tertiary/aromatic N) is 6. The molecule has 194 valence electrons. The van der Waals surface area contributed by atoms with Gasteiger partial charge >= 0.3 is 6.09 Å². The van der Waals surface area contributed by atoms with Crippen molar-refractivity contribution in [3.8, 4) is 0 Å². The Hall–Kier alpha value is -3.71. The second-order valence-electron chi connectivity index (χ2n) is 9.18. The molecule has 0 aromatic carbocycles. The maximum atomic E-state index is 12.9. The molecule has 3 aromatic rings. The van der Waals surface area contributed by atoms with Gasteiger partial charge in [-0.05, 0) is 33.8 Å². The van der Waals surface area contributed by atoms with Crippen LogP contribution in [0.1, 0.15) is 43.9 Å². The Labute approximate surface area is 212 Å². The first-order valence-corrected chi connectivity index (χ1v) is 11.4. The van der Waals surface area contributed by atoms with Crippen molar-refractivity contribution in [3.63, 3.8) is 0 Å². The topological polar surface area (TPSA) is 159 Å². The molecule has 0 aliphatic carbocycles. The molecule has 1 unspecified atom stereocenters. The van der Waals surface area contributed by atoms with E-state index in [0.717, 1.165) is 4.68 Å². The Morgan fingerprint density at radius 1 is 1.28 bits per heavy atom. The minimum absolute atomic E-state index is 0.0559. The van der Waals surface area contributed by atoms with Gasteiger partial charge in [0.15, 0.2) is 16.5 Å². The van der Waals surface area contributed by atoms with Crippen molar-refractivity contribution < 1.29 is 19.1 Å². The van der Waals surface area contributed by atoms with Crippen LogP contribution in [-0.2, 0) is 23.1 Å². The number of nitrogen functional groups attached to an aromatic ring is 1. The molecule has 0 bridgehead atoms. The first-order chi connectivity index (χ1) is 16.8. The van der Waals surface area contributed by atoms with Crippen LogP contribution in [-0.4, -0.2) is 61.7 Å². The van der Waals surface area contributed by atoms with Crippen LogP contribution in [0.5, 0.6) is 0 Å². The molecule has 0 radical (unpaired) electrons. The van der Waals surface area contributed by atoms with Gasteiger partial charge in [-0.3, -0.25) is 14.5 Å². The lowest BCUT2D eigenvalue weighted by molar-refractivity contribution is 0.0589. The quantitative estimate of drug-likeness (QED) is 0.473. The molecular weight excluding hydrogens is 492 g/mol. The number of rotatable bonds is 7. The van der Waals surface area contributed by atoms with E-state index < -0.39 is 23.6 Å². The lowest BCUT2D eigenvalue weighted by Crippen LogP contribution is -2.37. The summed E-state index contributed by atoms with van der Waals surface area (Å²) in [5.74, 6) is -0.469. The molecular formula is C22H29ClN8O5. The van der Waals surface area contributed by atoms with Crippen molar-refractivity contribution in [3.05, 3.63) is 45.2 Å². The SMILES string of the molecule is CC(COCc1cc(N)c(=O)n(C)n1)NC(=O)c1cnc2c(N(C)C(=O)OC(C)(C)C)cc(Cl)nn12. The molecule has 0 aliphatic rings. The molecule has 3 N–H and O–H groups in total. The predicted molar refractivity (Wildman–Crippen MR) is 133 cm³/mol. The van der Waals surface area contributed by atoms with Gasteiger partial charge in [-0.1, -0.05) is 11.6 Å². The number of halogens is 1. The molecule has 0 saturated carbocycles. The zero-order valence-electron chi connectivity index (χ0n) is 20.9. The summed E-state index contributed by atoms with van der Waals surface area (Å²) < 4.78 is 13.4. The molecule has 0 fully saturated rings. The van der Waals surface area contributed by atoms with Crippen LogP contribution in [0.25, 0.3) is 5.65 Å². The molecule has 3 aromatic heterocycles.